The molecule has 0 bridgehead atoms. The van der Waals surface area contributed by atoms with Crippen molar-refractivity contribution in [3.63, 3.8) is 0 Å². The monoisotopic (exact) mass is 312 g/mol. The number of benzene rings is 1. The molecule has 21 heavy (non-hydrogen) atoms. The van der Waals surface area contributed by atoms with Crippen molar-refractivity contribution in [3.8, 4) is 5.75 Å². The number of halogens is 1. The Morgan fingerprint density at radius 2 is 2.05 bits per heavy atom. The number of ether oxygens (including phenoxy) is 1. The standard InChI is InChI=1S/C17H28N2O.ClH/c1-3-20-17-6-4-5-16(13-17)14-19-11-8-15(9-12-19)7-10-18-2;/h4-6,13,15,18H,3,7-12,14H2,1-2H3;1H. The third kappa shape index (κ3) is 6.25. The summed E-state index contributed by atoms with van der Waals surface area (Å²) in [6, 6.07) is 8.52. The number of nitrogens with one attached hydrogen (secondary N) is 1. The van der Waals surface area contributed by atoms with Gasteiger partial charge in [-0.3, -0.25) is 4.90 Å². The zero-order chi connectivity index (χ0) is 14.2. The van der Waals surface area contributed by atoms with Crippen LogP contribution in [0.4, 0.5) is 0 Å². The molecule has 3 nitrogen and oxygen atoms in total. The molecule has 2 rings (SSSR count). The molecule has 1 fully saturated rings. The highest BCUT2D eigenvalue weighted by molar-refractivity contribution is 5.85. The molecular formula is C17H29ClN2O. The van der Waals surface area contributed by atoms with Crippen LogP contribution in [-0.4, -0.2) is 38.2 Å². The van der Waals surface area contributed by atoms with Gasteiger partial charge in [0.15, 0.2) is 0 Å². The van der Waals surface area contributed by atoms with E-state index in [0.29, 0.717) is 0 Å². The minimum absolute atomic E-state index is 0. The van der Waals surface area contributed by atoms with Gasteiger partial charge < -0.3 is 10.1 Å². The summed E-state index contributed by atoms with van der Waals surface area (Å²) in [5.74, 6) is 1.90. The smallest absolute Gasteiger partial charge is 0.119 e. The molecule has 1 heterocycles. The summed E-state index contributed by atoms with van der Waals surface area (Å²) < 4.78 is 5.57. The predicted molar refractivity (Wildman–Crippen MR) is 91.4 cm³/mol. The summed E-state index contributed by atoms with van der Waals surface area (Å²) >= 11 is 0. The summed E-state index contributed by atoms with van der Waals surface area (Å²) in [5, 5.41) is 3.26. The summed E-state index contributed by atoms with van der Waals surface area (Å²) in [6.45, 7) is 7.43. The third-order valence-corrected chi connectivity index (χ3v) is 4.13. The summed E-state index contributed by atoms with van der Waals surface area (Å²) in [5.41, 5.74) is 1.37. The molecule has 0 unspecified atom stereocenters. The van der Waals surface area contributed by atoms with Crippen molar-refractivity contribution in [1.82, 2.24) is 10.2 Å². The van der Waals surface area contributed by atoms with Crippen LogP contribution in [0.1, 0.15) is 31.7 Å². The van der Waals surface area contributed by atoms with Gasteiger partial charge in [-0.25, -0.2) is 0 Å². The fraction of sp³-hybridized carbons (Fsp3) is 0.647. The summed E-state index contributed by atoms with van der Waals surface area (Å²) in [7, 11) is 2.04. The number of hydrogen-bond donors (Lipinski definition) is 1. The molecule has 0 aromatic heterocycles. The molecule has 1 aliphatic heterocycles. The zero-order valence-electron chi connectivity index (χ0n) is 13.3. The van der Waals surface area contributed by atoms with Gasteiger partial charge in [0.2, 0.25) is 0 Å². The van der Waals surface area contributed by atoms with Crippen molar-refractivity contribution in [3.05, 3.63) is 29.8 Å². The van der Waals surface area contributed by atoms with Gasteiger partial charge in [0.05, 0.1) is 6.61 Å². The van der Waals surface area contributed by atoms with Crippen LogP contribution in [0.3, 0.4) is 0 Å². The van der Waals surface area contributed by atoms with E-state index in [-0.39, 0.29) is 12.4 Å². The third-order valence-electron chi connectivity index (χ3n) is 4.13. The van der Waals surface area contributed by atoms with E-state index in [4.69, 9.17) is 4.74 Å². The average Bonchev–Trinajstić information content (AvgIpc) is 2.47. The molecule has 1 aromatic rings. The predicted octanol–water partition coefficient (Wildman–Crippen LogP) is 3.33. The van der Waals surface area contributed by atoms with Crippen LogP contribution in [0.25, 0.3) is 0 Å². The van der Waals surface area contributed by atoms with Crippen molar-refractivity contribution >= 4 is 12.4 Å². The van der Waals surface area contributed by atoms with E-state index in [1.165, 1.54) is 37.9 Å². The number of hydrogen-bond acceptors (Lipinski definition) is 3. The lowest BCUT2D eigenvalue weighted by molar-refractivity contribution is 0.172. The van der Waals surface area contributed by atoms with Gasteiger partial charge in [-0.05, 0) is 76.5 Å². The van der Waals surface area contributed by atoms with Crippen molar-refractivity contribution in [2.24, 2.45) is 5.92 Å². The van der Waals surface area contributed by atoms with Gasteiger partial charge in [0, 0.05) is 6.54 Å². The first-order valence-electron chi connectivity index (χ1n) is 7.90. The van der Waals surface area contributed by atoms with Gasteiger partial charge in [-0.1, -0.05) is 12.1 Å². The Hall–Kier alpha value is -0.770. The number of likely N-dealkylation sites (tertiary alicyclic amines) is 1. The first-order chi connectivity index (χ1) is 9.81. The Bertz CT molecular complexity index is 392. The lowest BCUT2D eigenvalue weighted by Crippen LogP contribution is -2.34. The first kappa shape index (κ1) is 18.3. The van der Waals surface area contributed by atoms with E-state index in [1.54, 1.807) is 0 Å². The second-order valence-electron chi connectivity index (χ2n) is 5.69. The molecule has 0 radical (unpaired) electrons. The molecule has 1 saturated heterocycles. The van der Waals surface area contributed by atoms with E-state index in [0.717, 1.165) is 31.4 Å². The average molecular weight is 313 g/mol. The molecule has 0 aliphatic carbocycles. The molecule has 0 amide bonds. The largest absolute Gasteiger partial charge is 0.494 e. The van der Waals surface area contributed by atoms with E-state index in [1.807, 2.05) is 20.0 Å². The van der Waals surface area contributed by atoms with Crippen LogP contribution in [0, 0.1) is 5.92 Å². The second kappa shape index (κ2) is 10.0. The van der Waals surface area contributed by atoms with Crippen molar-refractivity contribution in [1.29, 1.82) is 0 Å². The highest BCUT2D eigenvalue weighted by Gasteiger charge is 2.18. The molecule has 1 aliphatic rings. The highest BCUT2D eigenvalue weighted by Crippen LogP contribution is 2.22. The van der Waals surface area contributed by atoms with E-state index in [2.05, 4.69) is 28.4 Å². The van der Waals surface area contributed by atoms with Crippen LogP contribution in [-0.2, 0) is 6.54 Å². The molecule has 0 saturated carbocycles. The Balaban J connectivity index is 0.00000220. The van der Waals surface area contributed by atoms with E-state index in [9.17, 15) is 0 Å². The van der Waals surface area contributed by atoms with Crippen LogP contribution >= 0.6 is 12.4 Å². The van der Waals surface area contributed by atoms with Crippen molar-refractivity contribution in [2.45, 2.75) is 32.7 Å². The maximum atomic E-state index is 5.57. The van der Waals surface area contributed by atoms with Gasteiger partial charge in [0.25, 0.3) is 0 Å². The Morgan fingerprint density at radius 1 is 1.29 bits per heavy atom. The van der Waals surface area contributed by atoms with E-state index >= 15 is 0 Å². The van der Waals surface area contributed by atoms with Crippen LogP contribution in [0.15, 0.2) is 24.3 Å². The minimum atomic E-state index is 0. The molecule has 0 atom stereocenters. The SMILES string of the molecule is CCOc1cccc(CN2CCC(CCNC)CC2)c1.Cl. The van der Waals surface area contributed by atoms with Gasteiger partial charge in [0.1, 0.15) is 5.75 Å². The molecule has 0 spiro atoms. The molecular weight excluding hydrogens is 284 g/mol. The lowest BCUT2D eigenvalue weighted by atomic mass is 9.93. The fourth-order valence-electron chi connectivity index (χ4n) is 2.94. The van der Waals surface area contributed by atoms with Crippen molar-refractivity contribution < 1.29 is 4.74 Å². The second-order valence-corrected chi connectivity index (χ2v) is 5.69. The maximum absolute atomic E-state index is 5.57. The molecule has 4 heteroatoms. The minimum Gasteiger partial charge on any atom is -0.494 e. The van der Waals surface area contributed by atoms with Crippen LogP contribution < -0.4 is 10.1 Å². The quantitative estimate of drug-likeness (QED) is 0.836. The number of nitrogens with zero attached hydrogens (tertiary/aromatic N) is 1. The Kier molecular flexibility index (Phi) is 8.74. The molecule has 1 aromatic carbocycles. The number of rotatable bonds is 7. The molecule has 120 valence electrons. The van der Waals surface area contributed by atoms with Gasteiger partial charge in [-0.2, -0.15) is 0 Å². The fourth-order valence-corrected chi connectivity index (χ4v) is 2.94. The van der Waals surface area contributed by atoms with E-state index < -0.39 is 0 Å². The maximum Gasteiger partial charge on any atom is 0.119 e. The Labute approximate surface area is 135 Å². The first-order valence-corrected chi connectivity index (χ1v) is 7.90. The van der Waals surface area contributed by atoms with Crippen molar-refractivity contribution in [2.75, 3.05) is 33.3 Å². The van der Waals surface area contributed by atoms with Gasteiger partial charge in [-0.15, -0.1) is 12.4 Å². The summed E-state index contributed by atoms with van der Waals surface area (Å²) in [4.78, 5) is 2.57. The Morgan fingerprint density at radius 3 is 2.71 bits per heavy atom. The van der Waals surface area contributed by atoms with Crippen LogP contribution in [0.5, 0.6) is 5.75 Å². The number of piperidine rings is 1. The summed E-state index contributed by atoms with van der Waals surface area (Å²) in [6.07, 6.45) is 4.00. The molecule has 1 N–H and O–H groups in total. The van der Waals surface area contributed by atoms with Crippen LogP contribution in [0.2, 0.25) is 0 Å². The zero-order valence-corrected chi connectivity index (χ0v) is 14.1. The highest BCUT2D eigenvalue weighted by atomic mass is 35.5. The normalized spacial score (nSPS) is 16.5. The topological polar surface area (TPSA) is 24.5 Å². The van der Waals surface area contributed by atoms with Gasteiger partial charge >= 0.3 is 0 Å². The lowest BCUT2D eigenvalue weighted by Gasteiger charge is -2.32.